The number of anilines is 1. The van der Waals surface area contributed by atoms with Gasteiger partial charge in [-0.1, -0.05) is 17.2 Å². The number of hydrogen-bond acceptors (Lipinski definition) is 6. The smallest absolute Gasteiger partial charge is 0.335 e. The van der Waals surface area contributed by atoms with Gasteiger partial charge in [-0.05, 0) is 29.5 Å². The minimum atomic E-state index is -0.953. The van der Waals surface area contributed by atoms with E-state index in [4.69, 9.17) is 9.52 Å². The average Bonchev–Trinajstić information content (AvgIpc) is 3.17. The van der Waals surface area contributed by atoms with E-state index in [0.29, 0.717) is 24.0 Å². The molecule has 0 unspecified atom stereocenters. The normalized spacial score (nSPS) is 10.5. The Morgan fingerprint density at radius 2 is 2.05 bits per heavy atom. The third kappa shape index (κ3) is 2.89. The molecule has 3 N–H and O–H groups in total. The van der Waals surface area contributed by atoms with Gasteiger partial charge in [-0.2, -0.15) is 5.21 Å². The van der Waals surface area contributed by atoms with Crippen LogP contribution in [-0.4, -0.2) is 31.7 Å². The van der Waals surface area contributed by atoms with Crippen LogP contribution in [0.2, 0.25) is 0 Å². The van der Waals surface area contributed by atoms with Crippen LogP contribution in [0.1, 0.15) is 16.1 Å². The molecule has 0 saturated carbocycles. The summed E-state index contributed by atoms with van der Waals surface area (Å²) < 4.78 is 5.67. The number of nitrogens with zero attached hydrogens (tertiary/aromatic N) is 3. The van der Waals surface area contributed by atoms with E-state index in [0.717, 1.165) is 5.56 Å². The SMILES string of the molecule is O=C(O)c1ccc(-c2ccc(CNc3nn[nH]n3)o2)cc1. The van der Waals surface area contributed by atoms with E-state index in [9.17, 15) is 4.79 Å². The van der Waals surface area contributed by atoms with Gasteiger partial charge in [-0.25, -0.2) is 4.79 Å². The number of aromatic carboxylic acids is 1. The van der Waals surface area contributed by atoms with E-state index in [1.54, 1.807) is 12.1 Å². The Hall–Kier alpha value is -3.16. The molecule has 0 aliphatic carbocycles. The number of tetrazole rings is 1. The molecule has 0 fully saturated rings. The molecule has 1 aromatic carbocycles. The van der Waals surface area contributed by atoms with E-state index < -0.39 is 5.97 Å². The van der Waals surface area contributed by atoms with Gasteiger partial charge in [-0.15, -0.1) is 5.10 Å². The average molecular weight is 285 g/mol. The van der Waals surface area contributed by atoms with Crippen LogP contribution in [0.4, 0.5) is 5.95 Å². The number of carbonyl (C=O) groups is 1. The first kappa shape index (κ1) is 12.9. The summed E-state index contributed by atoms with van der Waals surface area (Å²) in [5.74, 6) is 0.804. The number of nitrogens with one attached hydrogen (secondary N) is 2. The van der Waals surface area contributed by atoms with Crippen LogP contribution in [0.15, 0.2) is 40.8 Å². The molecule has 0 saturated heterocycles. The lowest BCUT2D eigenvalue weighted by atomic mass is 10.1. The number of rotatable bonds is 5. The Balaban J connectivity index is 1.70. The van der Waals surface area contributed by atoms with Crippen molar-refractivity contribution in [2.45, 2.75) is 6.54 Å². The first-order chi connectivity index (χ1) is 10.2. The molecule has 3 aromatic rings. The Kier molecular flexibility index (Phi) is 3.34. The monoisotopic (exact) mass is 285 g/mol. The summed E-state index contributed by atoms with van der Waals surface area (Å²) in [6.07, 6.45) is 0. The summed E-state index contributed by atoms with van der Waals surface area (Å²) in [4.78, 5) is 10.8. The van der Waals surface area contributed by atoms with Gasteiger partial charge < -0.3 is 14.8 Å². The van der Waals surface area contributed by atoms with Gasteiger partial charge in [0.05, 0.1) is 12.1 Å². The lowest BCUT2D eigenvalue weighted by molar-refractivity contribution is 0.0697. The number of benzene rings is 1. The number of aromatic nitrogens is 4. The quantitative estimate of drug-likeness (QED) is 0.654. The Morgan fingerprint density at radius 1 is 1.24 bits per heavy atom. The maximum Gasteiger partial charge on any atom is 0.335 e. The highest BCUT2D eigenvalue weighted by Crippen LogP contribution is 2.23. The summed E-state index contributed by atoms with van der Waals surface area (Å²) in [7, 11) is 0. The van der Waals surface area contributed by atoms with Crippen LogP contribution in [0.5, 0.6) is 0 Å². The van der Waals surface area contributed by atoms with E-state index in [1.807, 2.05) is 12.1 Å². The maximum atomic E-state index is 10.8. The molecule has 0 aliphatic heterocycles. The van der Waals surface area contributed by atoms with Crippen LogP contribution in [0, 0.1) is 0 Å². The molecule has 8 heteroatoms. The predicted octanol–water partition coefficient (Wildman–Crippen LogP) is 1.77. The van der Waals surface area contributed by atoms with Crippen molar-refractivity contribution in [3.8, 4) is 11.3 Å². The van der Waals surface area contributed by atoms with Gasteiger partial charge in [0.2, 0.25) is 0 Å². The molecule has 0 bridgehead atoms. The summed E-state index contributed by atoms with van der Waals surface area (Å²) in [6, 6.07) is 10.1. The van der Waals surface area contributed by atoms with Crippen LogP contribution in [0.3, 0.4) is 0 Å². The van der Waals surface area contributed by atoms with Crippen molar-refractivity contribution in [3.05, 3.63) is 47.7 Å². The fraction of sp³-hybridized carbons (Fsp3) is 0.0769. The highest BCUT2D eigenvalue weighted by atomic mass is 16.4. The molecule has 3 rings (SSSR count). The van der Waals surface area contributed by atoms with Crippen molar-refractivity contribution in [2.24, 2.45) is 0 Å². The van der Waals surface area contributed by atoms with Gasteiger partial charge >= 0.3 is 5.97 Å². The lowest BCUT2D eigenvalue weighted by Gasteiger charge is -1.99. The molecule has 2 aromatic heterocycles. The number of H-pyrrole nitrogens is 1. The fourth-order valence-corrected chi connectivity index (χ4v) is 1.81. The summed E-state index contributed by atoms with van der Waals surface area (Å²) in [5.41, 5.74) is 1.05. The molecule has 106 valence electrons. The summed E-state index contributed by atoms with van der Waals surface area (Å²) in [6.45, 7) is 0.423. The standard InChI is InChI=1S/C13H11N5O3/c19-12(20)9-3-1-8(2-4-9)11-6-5-10(21-11)7-14-13-15-17-18-16-13/h1-6H,7H2,(H,19,20)(H2,14,15,16,17,18). The van der Waals surface area contributed by atoms with Crippen LogP contribution < -0.4 is 5.32 Å². The number of carboxylic acids is 1. The highest BCUT2D eigenvalue weighted by molar-refractivity contribution is 5.88. The van der Waals surface area contributed by atoms with Gasteiger partial charge in [-0.3, -0.25) is 0 Å². The Labute approximate surface area is 118 Å². The topological polar surface area (TPSA) is 117 Å². The summed E-state index contributed by atoms with van der Waals surface area (Å²) in [5, 5.41) is 25.1. The van der Waals surface area contributed by atoms with E-state index >= 15 is 0 Å². The molecule has 2 heterocycles. The van der Waals surface area contributed by atoms with E-state index in [2.05, 4.69) is 25.9 Å². The lowest BCUT2D eigenvalue weighted by Crippen LogP contribution is -1.99. The zero-order chi connectivity index (χ0) is 14.7. The fourth-order valence-electron chi connectivity index (χ4n) is 1.81. The summed E-state index contributed by atoms with van der Waals surface area (Å²) >= 11 is 0. The second kappa shape index (κ2) is 5.45. The first-order valence-electron chi connectivity index (χ1n) is 6.12. The predicted molar refractivity (Wildman–Crippen MR) is 72.6 cm³/mol. The molecular formula is C13H11N5O3. The number of furan rings is 1. The maximum absolute atomic E-state index is 10.8. The van der Waals surface area contributed by atoms with E-state index in [1.165, 1.54) is 12.1 Å². The van der Waals surface area contributed by atoms with Gasteiger partial charge in [0.15, 0.2) is 0 Å². The van der Waals surface area contributed by atoms with Crippen LogP contribution in [-0.2, 0) is 6.54 Å². The molecule has 0 amide bonds. The van der Waals surface area contributed by atoms with Crippen LogP contribution >= 0.6 is 0 Å². The van der Waals surface area contributed by atoms with Crippen LogP contribution in [0.25, 0.3) is 11.3 Å². The van der Waals surface area contributed by atoms with Gasteiger partial charge in [0.1, 0.15) is 11.5 Å². The molecule has 21 heavy (non-hydrogen) atoms. The van der Waals surface area contributed by atoms with Crippen molar-refractivity contribution in [3.63, 3.8) is 0 Å². The largest absolute Gasteiger partial charge is 0.478 e. The van der Waals surface area contributed by atoms with Crippen molar-refractivity contribution in [1.29, 1.82) is 0 Å². The third-order valence-electron chi connectivity index (χ3n) is 2.84. The minimum Gasteiger partial charge on any atom is -0.478 e. The zero-order valence-corrected chi connectivity index (χ0v) is 10.8. The van der Waals surface area contributed by atoms with Gasteiger partial charge in [0, 0.05) is 5.56 Å². The molecule has 0 radical (unpaired) electrons. The second-order valence-corrected chi connectivity index (χ2v) is 4.24. The van der Waals surface area contributed by atoms with E-state index in [-0.39, 0.29) is 5.56 Å². The van der Waals surface area contributed by atoms with Gasteiger partial charge in [0.25, 0.3) is 5.95 Å². The molecule has 0 spiro atoms. The molecule has 0 atom stereocenters. The third-order valence-corrected chi connectivity index (χ3v) is 2.84. The van der Waals surface area contributed by atoms with Crippen molar-refractivity contribution in [2.75, 3.05) is 5.32 Å². The molecular weight excluding hydrogens is 274 g/mol. The molecule has 8 nitrogen and oxygen atoms in total. The zero-order valence-electron chi connectivity index (χ0n) is 10.8. The first-order valence-corrected chi connectivity index (χ1v) is 6.12. The highest BCUT2D eigenvalue weighted by Gasteiger charge is 2.07. The second-order valence-electron chi connectivity index (χ2n) is 4.24. The number of aromatic amines is 1. The number of hydrogen-bond donors (Lipinski definition) is 3. The van der Waals surface area contributed by atoms with Crippen molar-refractivity contribution in [1.82, 2.24) is 20.6 Å². The van der Waals surface area contributed by atoms with Crippen molar-refractivity contribution >= 4 is 11.9 Å². The number of carboxylic acid groups (broad SMARTS) is 1. The Morgan fingerprint density at radius 3 is 2.71 bits per heavy atom. The minimum absolute atomic E-state index is 0.240. The van der Waals surface area contributed by atoms with Crippen molar-refractivity contribution < 1.29 is 14.3 Å². The Bertz CT molecular complexity index is 734. The molecule has 0 aliphatic rings.